The van der Waals surface area contributed by atoms with Crippen LogP contribution in [0.2, 0.25) is 0 Å². The SMILES string of the molecule is Cc1cc(NC[C@@H](O)[C@H](O)[C@H](O)CO)c(C(=O)NN)cc1C. The second-order valence-corrected chi connectivity index (χ2v) is 5.14. The van der Waals surface area contributed by atoms with Gasteiger partial charge in [0, 0.05) is 12.2 Å². The summed E-state index contributed by atoms with van der Waals surface area (Å²) in [7, 11) is 0. The van der Waals surface area contributed by atoms with Crippen molar-refractivity contribution in [3.8, 4) is 0 Å². The van der Waals surface area contributed by atoms with Crippen molar-refractivity contribution in [1.82, 2.24) is 5.43 Å². The van der Waals surface area contributed by atoms with Gasteiger partial charge in [-0.25, -0.2) is 5.84 Å². The number of carbonyl (C=O) groups excluding carboxylic acids is 1. The molecule has 0 saturated carbocycles. The van der Waals surface area contributed by atoms with Crippen LogP contribution in [-0.2, 0) is 0 Å². The Morgan fingerprint density at radius 2 is 1.77 bits per heavy atom. The van der Waals surface area contributed by atoms with E-state index in [1.807, 2.05) is 19.3 Å². The molecule has 0 aliphatic carbocycles. The van der Waals surface area contributed by atoms with Gasteiger partial charge in [0.05, 0.1) is 18.3 Å². The van der Waals surface area contributed by atoms with Crippen LogP contribution in [-0.4, -0.2) is 57.8 Å². The molecule has 1 rings (SSSR count). The Morgan fingerprint density at radius 1 is 1.18 bits per heavy atom. The van der Waals surface area contributed by atoms with Gasteiger partial charge in [0.15, 0.2) is 0 Å². The van der Waals surface area contributed by atoms with E-state index in [1.165, 1.54) is 0 Å². The summed E-state index contributed by atoms with van der Waals surface area (Å²) in [6.45, 7) is 2.93. The number of aryl methyl sites for hydroxylation is 2. The predicted octanol–water partition coefficient (Wildman–Crippen LogP) is -1.61. The molecule has 124 valence electrons. The number of nitrogen functional groups attached to an aromatic ring is 1. The van der Waals surface area contributed by atoms with Crippen molar-refractivity contribution in [3.05, 3.63) is 28.8 Å². The quantitative estimate of drug-likeness (QED) is 0.182. The van der Waals surface area contributed by atoms with Crippen molar-refractivity contribution in [2.45, 2.75) is 32.2 Å². The number of nitrogens with two attached hydrogens (primary N) is 1. The maximum Gasteiger partial charge on any atom is 0.267 e. The highest BCUT2D eigenvalue weighted by atomic mass is 16.4. The van der Waals surface area contributed by atoms with Crippen LogP contribution in [0.4, 0.5) is 5.69 Å². The van der Waals surface area contributed by atoms with Crippen LogP contribution < -0.4 is 16.6 Å². The minimum Gasteiger partial charge on any atom is -0.394 e. The van der Waals surface area contributed by atoms with E-state index >= 15 is 0 Å². The van der Waals surface area contributed by atoms with E-state index < -0.39 is 30.8 Å². The second kappa shape index (κ2) is 8.06. The van der Waals surface area contributed by atoms with Crippen molar-refractivity contribution >= 4 is 11.6 Å². The molecule has 1 aromatic rings. The fourth-order valence-corrected chi connectivity index (χ4v) is 1.93. The Balaban J connectivity index is 2.89. The zero-order chi connectivity index (χ0) is 16.9. The van der Waals surface area contributed by atoms with Gasteiger partial charge in [-0.15, -0.1) is 0 Å². The Labute approximate surface area is 128 Å². The summed E-state index contributed by atoms with van der Waals surface area (Å²) >= 11 is 0. The third kappa shape index (κ3) is 4.39. The average molecular weight is 313 g/mol. The molecule has 22 heavy (non-hydrogen) atoms. The van der Waals surface area contributed by atoms with Gasteiger partial charge in [0.1, 0.15) is 12.2 Å². The molecule has 0 radical (unpaired) electrons. The topological polar surface area (TPSA) is 148 Å². The minimum atomic E-state index is -1.50. The molecule has 1 amide bonds. The Kier molecular flexibility index (Phi) is 6.72. The molecule has 8 N–H and O–H groups in total. The first kappa shape index (κ1) is 18.3. The molecule has 0 unspecified atom stereocenters. The van der Waals surface area contributed by atoms with Crippen LogP contribution in [0.5, 0.6) is 0 Å². The number of carbonyl (C=O) groups is 1. The van der Waals surface area contributed by atoms with E-state index in [9.17, 15) is 20.1 Å². The number of hydrogen-bond acceptors (Lipinski definition) is 7. The monoisotopic (exact) mass is 313 g/mol. The highest BCUT2D eigenvalue weighted by molar-refractivity contribution is 5.99. The number of hydrogen-bond donors (Lipinski definition) is 7. The van der Waals surface area contributed by atoms with Crippen LogP contribution in [0.25, 0.3) is 0 Å². The third-order valence-electron chi connectivity index (χ3n) is 3.49. The zero-order valence-corrected chi connectivity index (χ0v) is 12.6. The summed E-state index contributed by atoms with van der Waals surface area (Å²) in [5.74, 6) is 4.66. The van der Waals surface area contributed by atoms with Crippen LogP contribution in [0.3, 0.4) is 0 Å². The molecule has 0 aliphatic heterocycles. The fraction of sp³-hybridized carbons (Fsp3) is 0.500. The van der Waals surface area contributed by atoms with Gasteiger partial charge in [-0.3, -0.25) is 10.2 Å². The van der Waals surface area contributed by atoms with Crippen LogP contribution in [0.1, 0.15) is 21.5 Å². The number of rotatable bonds is 7. The number of benzene rings is 1. The summed E-state index contributed by atoms with van der Waals surface area (Å²) in [5, 5.41) is 40.2. The lowest BCUT2D eigenvalue weighted by molar-refractivity contribution is -0.0715. The van der Waals surface area contributed by atoms with Crippen LogP contribution >= 0.6 is 0 Å². The Hall–Kier alpha value is -1.71. The van der Waals surface area contributed by atoms with Gasteiger partial charge in [-0.2, -0.15) is 0 Å². The fourth-order valence-electron chi connectivity index (χ4n) is 1.93. The van der Waals surface area contributed by atoms with E-state index in [0.717, 1.165) is 11.1 Å². The lowest BCUT2D eigenvalue weighted by Gasteiger charge is -2.23. The molecule has 1 aromatic carbocycles. The molecule has 8 nitrogen and oxygen atoms in total. The van der Waals surface area contributed by atoms with E-state index in [-0.39, 0.29) is 6.54 Å². The second-order valence-electron chi connectivity index (χ2n) is 5.14. The molecule has 0 saturated heterocycles. The first-order valence-electron chi connectivity index (χ1n) is 6.83. The highest BCUT2D eigenvalue weighted by Crippen LogP contribution is 2.21. The van der Waals surface area contributed by atoms with Crippen molar-refractivity contribution in [3.63, 3.8) is 0 Å². The Bertz CT molecular complexity index is 523. The molecule has 0 spiro atoms. The normalized spacial score (nSPS) is 15.0. The minimum absolute atomic E-state index is 0.119. The van der Waals surface area contributed by atoms with Crippen molar-refractivity contribution < 1.29 is 25.2 Å². The smallest absolute Gasteiger partial charge is 0.267 e. The molecule has 0 fully saturated rings. The van der Waals surface area contributed by atoms with Gasteiger partial charge < -0.3 is 25.7 Å². The van der Waals surface area contributed by atoms with Gasteiger partial charge in [-0.1, -0.05) is 0 Å². The number of nitrogens with one attached hydrogen (secondary N) is 2. The summed E-state index contributed by atoms with van der Waals surface area (Å²) in [5.41, 5.74) is 4.62. The first-order chi connectivity index (χ1) is 10.3. The number of aliphatic hydroxyl groups excluding tert-OH is 4. The Morgan fingerprint density at radius 3 is 2.32 bits per heavy atom. The lowest BCUT2D eigenvalue weighted by atomic mass is 10.0. The summed E-state index contributed by atoms with van der Waals surface area (Å²) in [6, 6.07) is 3.38. The highest BCUT2D eigenvalue weighted by Gasteiger charge is 2.24. The summed E-state index contributed by atoms with van der Waals surface area (Å²) in [6.07, 6.45) is -4.27. The number of anilines is 1. The van der Waals surface area contributed by atoms with E-state index in [0.29, 0.717) is 11.3 Å². The molecule has 8 heteroatoms. The van der Waals surface area contributed by atoms with Crippen molar-refractivity contribution in [2.75, 3.05) is 18.5 Å². The summed E-state index contributed by atoms with van der Waals surface area (Å²) in [4.78, 5) is 11.8. The maximum atomic E-state index is 11.8. The molecular weight excluding hydrogens is 290 g/mol. The molecule has 0 aromatic heterocycles. The van der Waals surface area contributed by atoms with E-state index in [2.05, 4.69) is 5.32 Å². The number of amides is 1. The van der Waals surface area contributed by atoms with Crippen molar-refractivity contribution in [2.24, 2.45) is 5.84 Å². The van der Waals surface area contributed by atoms with Crippen LogP contribution in [0.15, 0.2) is 12.1 Å². The first-order valence-corrected chi connectivity index (χ1v) is 6.83. The van der Waals surface area contributed by atoms with E-state index in [4.69, 9.17) is 10.9 Å². The number of hydrazine groups is 1. The largest absolute Gasteiger partial charge is 0.394 e. The number of aliphatic hydroxyl groups is 4. The lowest BCUT2D eigenvalue weighted by Crippen LogP contribution is -2.43. The van der Waals surface area contributed by atoms with Gasteiger partial charge >= 0.3 is 0 Å². The van der Waals surface area contributed by atoms with Crippen molar-refractivity contribution in [1.29, 1.82) is 0 Å². The third-order valence-corrected chi connectivity index (χ3v) is 3.49. The average Bonchev–Trinajstić information content (AvgIpc) is 2.52. The molecule has 0 bridgehead atoms. The molecule has 0 heterocycles. The molecular formula is C14H23N3O5. The maximum absolute atomic E-state index is 11.8. The van der Waals surface area contributed by atoms with Gasteiger partial charge in [0.2, 0.25) is 0 Å². The predicted molar refractivity (Wildman–Crippen MR) is 81.2 cm³/mol. The van der Waals surface area contributed by atoms with Gasteiger partial charge in [-0.05, 0) is 37.1 Å². The molecule has 3 atom stereocenters. The van der Waals surface area contributed by atoms with E-state index in [1.54, 1.807) is 12.1 Å². The van der Waals surface area contributed by atoms with Crippen LogP contribution in [0, 0.1) is 13.8 Å². The standard InChI is InChI=1S/C14H23N3O5/c1-7-3-9(14(22)17-15)10(4-8(7)2)16-5-11(19)13(21)12(20)6-18/h3-4,11-13,16,18-21H,5-6,15H2,1-2H3,(H,17,22)/t11-,12-,13+/m1/s1. The zero-order valence-electron chi connectivity index (χ0n) is 12.6. The molecule has 0 aliphatic rings. The van der Waals surface area contributed by atoms with Gasteiger partial charge in [0.25, 0.3) is 5.91 Å². The summed E-state index contributed by atoms with van der Waals surface area (Å²) < 4.78 is 0.